The van der Waals surface area contributed by atoms with Crippen LogP contribution in [0.2, 0.25) is 0 Å². The van der Waals surface area contributed by atoms with Gasteiger partial charge in [0.05, 0.1) is 11.8 Å². The van der Waals surface area contributed by atoms with Gasteiger partial charge in [-0.25, -0.2) is 4.99 Å². The predicted octanol–water partition coefficient (Wildman–Crippen LogP) is 2.61. The molecule has 0 radical (unpaired) electrons. The van der Waals surface area contributed by atoms with Crippen molar-refractivity contribution in [3.63, 3.8) is 0 Å². The summed E-state index contributed by atoms with van der Waals surface area (Å²) in [4.78, 5) is 32.3. The average molecular weight is 399 g/mol. The third kappa shape index (κ3) is 4.45. The van der Waals surface area contributed by atoms with Crippen LogP contribution in [0.25, 0.3) is 0 Å². The largest absolute Gasteiger partial charge is 0.388 e. The summed E-state index contributed by atoms with van der Waals surface area (Å²) in [6.07, 6.45) is 7.04. The van der Waals surface area contributed by atoms with Crippen LogP contribution in [0.3, 0.4) is 0 Å². The highest BCUT2D eigenvalue weighted by molar-refractivity contribution is 6.05. The quantitative estimate of drug-likeness (QED) is 0.771. The van der Waals surface area contributed by atoms with Crippen LogP contribution in [0.15, 0.2) is 23.2 Å². The van der Waals surface area contributed by atoms with Gasteiger partial charge in [-0.05, 0) is 48.9 Å². The molecule has 1 atom stereocenters. The van der Waals surface area contributed by atoms with E-state index in [9.17, 15) is 14.7 Å². The van der Waals surface area contributed by atoms with Crippen LogP contribution in [0.4, 0.5) is 5.69 Å². The number of carbonyl (C=O) groups excluding carboxylic acids is 2. The van der Waals surface area contributed by atoms with Gasteiger partial charge in [-0.15, -0.1) is 0 Å². The normalized spacial score (nSPS) is 19.9. The number of hydrogen-bond acceptors (Lipinski definition) is 5. The molecule has 7 heteroatoms. The first-order valence-electron chi connectivity index (χ1n) is 10.7. The van der Waals surface area contributed by atoms with Gasteiger partial charge in [-0.2, -0.15) is 0 Å². The Morgan fingerprint density at radius 2 is 2.10 bits per heavy atom. The predicted molar refractivity (Wildman–Crippen MR) is 111 cm³/mol. The summed E-state index contributed by atoms with van der Waals surface area (Å²) in [5.74, 6) is 0.749. The smallest absolute Gasteiger partial charge is 0.246 e. The zero-order chi connectivity index (χ0) is 20.4. The van der Waals surface area contributed by atoms with Crippen LogP contribution in [0.5, 0.6) is 0 Å². The van der Waals surface area contributed by atoms with Crippen molar-refractivity contribution in [3.05, 3.63) is 29.3 Å². The second kappa shape index (κ2) is 8.53. The van der Waals surface area contributed by atoms with E-state index in [1.54, 1.807) is 0 Å². The Balaban J connectivity index is 1.29. The zero-order valence-corrected chi connectivity index (χ0v) is 17.1. The van der Waals surface area contributed by atoms with E-state index in [-0.39, 0.29) is 11.8 Å². The number of guanidine groups is 1. The molecule has 0 spiro atoms. The summed E-state index contributed by atoms with van der Waals surface area (Å²) < 4.78 is 0. The number of amides is 2. The molecule has 29 heavy (non-hydrogen) atoms. The van der Waals surface area contributed by atoms with Crippen molar-refractivity contribution in [2.24, 2.45) is 4.99 Å². The number of benzene rings is 1. The summed E-state index contributed by atoms with van der Waals surface area (Å²) in [7, 11) is 1.92. The molecule has 156 valence electrons. The molecule has 1 saturated carbocycles. The molecule has 2 N–H and O–H groups in total. The second-order valence-electron chi connectivity index (χ2n) is 8.43. The molecule has 2 heterocycles. The summed E-state index contributed by atoms with van der Waals surface area (Å²) in [5.41, 5.74) is 2.68. The molecule has 1 aromatic carbocycles. The number of nitrogens with zero attached hydrogens (tertiary/aromatic N) is 3. The molecule has 2 fully saturated rings. The SMILES string of the molecule is CN(C(=O)CCCC(O)c1ccc2c(c1)CN1CC(=O)NC1=N2)C1CCCCC1. The van der Waals surface area contributed by atoms with Crippen molar-refractivity contribution in [1.29, 1.82) is 0 Å². The Morgan fingerprint density at radius 1 is 1.31 bits per heavy atom. The van der Waals surface area contributed by atoms with E-state index in [1.807, 2.05) is 35.0 Å². The molecule has 1 unspecified atom stereocenters. The molecule has 1 saturated heterocycles. The van der Waals surface area contributed by atoms with Crippen molar-refractivity contribution in [2.45, 2.75) is 70.1 Å². The Morgan fingerprint density at radius 3 is 2.90 bits per heavy atom. The van der Waals surface area contributed by atoms with E-state index in [2.05, 4.69) is 10.3 Å². The van der Waals surface area contributed by atoms with Crippen LogP contribution in [0, 0.1) is 0 Å². The van der Waals surface area contributed by atoms with Crippen LogP contribution in [0.1, 0.15) is 68.6 Å². The number of fused-ring (bicyclic) bond motifs is 2. The number of aliphatic hydroxyl groups excluding tert-OH is 1. The van der Waals surface area contributed by atoms with E-state index in [1.165, 1.54) is 19.3 Å². The summed E-state index contributed by atoms with van der Waals surface area (Å²) >= 11 is 0. The fourth-order valence-corrected chi connectivity index (χ4v) is 4.55. The molecule has 4 rings (SSSR count). The van der Waals surface area contributed by atoms with Gasteiger partial charge in [0.15, 0.2) is 0 Å². The van der Waals surface area contributed by atoms with Crippen LogP contribution < -0.4 is 5.32 Å². The topological polar surface area (TPSA) is 85.2 Å². The minimum absolute atomic E-state index is 0.0420. The molecule has 7 nitrogen and oxygen atoms in total. The van der Waals surface area contributed by atoms with Crippen molar-refractivity contribution in [1.82, 2.24) is 15.1 Å². The maximum atomic E-state index is 12.5. The van der Waals surface area contributed by atoms with Crippen LogP contribution in [-0.4, -0.2) is 52.3 Å². The van der Waals surface area contributed by atoms with Crippen LogP contribution >= 0.6 is 0 Å². The number of hydrogen-bond donors (Lipinski definition) is 2. The third-order valence-electron chi connectivity index (χ3n) is 6.35. The number of rotatable bonds is 6. The molecule has 0 aromatic heterocycles. The number of aliphatic hydroxyl groups is 1. The molecule has 1 aliphatic carbocycles. The first-order valence-corrected chi connectivity index (χ1v) is 10.7. The van der Waals surface area contributed by atoms with Crippen molar-refractivity contribution >= 4 is 23.5 Å². The molecule has 1 aromatic rings. The van der Waals surface area contributed by atoms with Gasteiger partial charge in [0, 0.05) is 26.1 Å². The average Bonchev–Trinajstić information content (AvgIpc) is 3.10. The standard InChI is InChI=1S/C22H30N4O3/c1-25(17-6-3-2-4-7-17)21(29)9-5-8-19(27)15-10-11-18-16(12-15)13-26-14-20(28)24-22(26)23-18/h10-12,17,19,27H,2-9,13-14H2,1H3,(H,23,24,28). The Hall–Kier alpha value is -2.41. The van der Waals surface area contributed by atoms with Crippen LogP contribution in [-0.2, 0) is 16.1 Å². The van der Waals surface area contributed by atoms with Crippen molar-refractivity contribution in [2.75, 3.05) is 13.6 Å². The lowest BCUT2D eigenvalue weighted by Gasteiger charge is -2.31. The minimum Gasteiger partial charge on any atom is -0.388 e. The van der Waals surface area contributed by atoms with E-state index in [4.69, 9.17) is 0 Å². The fourth-order valence-electron chi connectivity index (χ4n) is 4.55. The van der Waals surface area contributed by atoms with Gasteiger partial charge < -0.3 is 14.9 Å². The highest BCUT2D eigenvalue weighted by Crippen LogP contribution is 2.31. The maximum absolute atomic E-state index is 12.5. The van der Waals surface area contributed by atoms with Gasteiger partial charge in [-0.3, -0.25) is 14.9 Å². The van der Waals surface area contributed by atoms with Gasteiger partial charge in [0.2, 0.25) is 17.8 Å². The number of carbonyl (C=O) groups is 2. The number of nitrogens with one attached hydrogen (secondary N) is 1. The first-order chi connectivity index (χ1) is 14.0. The Kier molecular flexibility index (Phi) is 5.85. The molecule has 0 bridgehead atoms. The van der Waals surface area contributed by atoms with E-state index < -0.39 is 6.10 Å². The first kappa shape index (κ1) is 19.9. The molecular weight excluding hydrogens is 368 g/mol. The minimum atomic E-state index is -0.600. The van der Waals surface area contributed by atoms with Gasteiger partial charge in [-0.1, -0.05) is 25.3 Å². The van der Waals surface area contributed by atoms with E-state index in [0.29, 0.717) is 44.4 Å². The lowest BCUT2D eigenvalue weighted by Crippen LogP contribution is -2.38. The highest BCUT2D eigenvalue weighted by Gasteiger charge is 2.29. The van der Waals surface area contributed by atoms with Gasteiger partial charge in [0.1, 0.15) is 6.54 Å². The summed E-state index contributed by atoms with van der Waals surface area (Å²) in [6, 6.07) is 6.14. The second-order valence-corrected chi connectivity index (χ2v) is 8.43. The molecular formula is C22H30N4O3. The Labute approximate surface area is 171 Å². The molecule has 2 aliphatic heterocycles. The summed E-state index contributed by atoms with van der Waals surface area (Å²) in [6.45, 7) is 0.930. The maximum Gasteiger partial charge on any atom is 0.246 e. The van der Waals surface area contributed by atoms with Crippen molar-refractivity contribution in [3.8, 4) is 0 Å². The molecule has 3 aliphatic rings. The molecule has 2 amide bonds. The van der Waals surface area contributed by atoms with E-state index in [0.717, 1.165) is 29.7 Å². The van der Waals surface area contributed by atoms with Gasteiger partial charge >= 0.3 is 0 Å². The monoisotopic (exact) mass is 398 g/mol. The highest BCUT2D eigenvalue weighted by atomic mass is 16.3. The number of aliphatic imine (C=N–C) groups is 1. The van der Waals surface area contributed by atoms with Crippen molar-refractivity contribution < 1.29 is 14.7 Å². The van der Waals surface area contributed by atoms with Gasteiger partial charge in [0.25, 0.3) is 0 Å². The third-order valence-corrected chi connectivity index (χ3v) is 6.35. The summed E-state index contributed by atoms with van der Waals surface area (Å²) in [5, 5.41) is 13.4. The lowest BCUT2D eigenvalue weighted by atomic mass is 9.94. The van der Waals surface area contributed by atoms with E-state index >= 15 is 0 Å². The Bertz CT molecular complexity index is 816. The fraction of sp³-hybridized carbons (Fsp3) is 0.591. The lowest BCUT2D eigenvalue weighted by molar-refractivity contribution is -0.132. The zero-order valence-electron chi connectivity index (χ0n) is 17.1.